The van der Waals surface area contributed by atoms with Gasteiger partial charge in [-0.1, -0.05) is 18.2 Å². The Hall–Kier alpha value is -2.14. The third kappa shape index (κ3) is 3.66. The molecule has 2 aromatic rings. The molecule has 5 nitrogen and oxygen atoms in total. The van der Waals surface area contributed by atoms with E-state index in [2.05, 4.69) is 10.4 Å². The molecule has 0 aliphatic heterocycles. The summed E-state index contributed by atoms with van der Waals surface area (Å²) in [6.07, 6.45) is 4.80. The fourth-order valence-corrected chi connectivity index (χ4v) is 1.84. The average Bonchev–Trinajstić information content (AvgIpc) is 2.97. The molecule has 1 aromatic carbocycles. The number of para-hydroxylation sites is 1. The third-order valence-electron chi connectivity index (χ3n) is 2.83. The van der Waals surface area contributed by atoms with Crippen LogP contribution in [0.4, 0.5) is 0 Å². The van der Waals surface area contributed by atoms with Crippen molar-refractivity contribution in [3.63, 3.8) is 0 Å². The number of nitrogens with one attached hydrogen (secondary N) is 1. The van der Waals surface area contributed by atoms with Crippen molar-refractivity contribution in [3.8, 4) is 5.69 Å². The zero-order valence-electron chi connectivity index (χ0n) is 10.7. The first-order valence-electron chi connectivity index (χ1n) is 6.36. The molecule has 1 aromatic heterocycles. The van der Waals surface area contributed by atoms with Crippen molar-refractivity contribution in [2.75, 3.05) is 6.54 Å². The summed E-state index contributed by atoms with van der Waals surface area (Å²) in [5, 5.41) is 7.11. The standard InChI is InChI=1S/C14H18N4O/c15-8-3-7-14(19)16-11-12-5-1-2-6-13(12)18-10-4-9-17-18/h1-2,4-6,9-10H,3,7-8,11,15H2,(H,16,19). The Balaban J connectivity index is 2.03. The summed E-state index contributed by atoms with van der Waals surface area (Å²) in [5.41, 5.74) is 7.39. The molecule has 0 saturated carbocycles. The first-order valence-corrected chi connectivity index (χ1v) is 6.36. The topological polar surface area (TPSA) is 72.9 Å². The molecule has 1 heterocycles. The quantitative estimate of drug-likeness (QED) is 0.818. The monoisotopic (exact) mass is 258 g/mol. The Morgan fingerprint density at radius 2 is 2.16 bits per heavy atom. The zero-order valence-corrected chi connectivity index (χ0v) is 10.7. The predicted octanol–water partition coefficient (Wildman–Crippen LogP) is 1.23. The van der Waals surface area contributed by atoms with E-state index in [0.717, 1.165) is 11.3 Å². The molecular formula is C14H18N4O. The molecule has 0 unspecified atom stereocenters. The van der Waals surface area contributed by atoms with E-state index in [1.165, 1.54) is 0 Å². The fraction of sp³-hybridized carbons (Fsp3) is 0.286. The number of nitrogens with zero attached hydrogens (tertiary/aromatic N) is 2. The number of rotatable bonds is 6. The van der Waals surface area contributed by atoms with Crippen LogP contribution in [0.5, 0.6) is 0 Å². The summed E-state index contributed by atoms with van der Waals surface area (Å²) in [4.78, 5) is 11.6. The minimum Gasteiger partial charge on any atom is -0.352 e. The molecular weight excluding hydrogens is 240 g/mol. The fourth-order valence-electron chi connectivity index (χ4n) is 1.84. The molecule has 0 saturated heterocycles. The second-order valence-corrected chi connectivity index (χ2v) is 4.25. The highest BCUT2D eigenvalue weighted by Gasteiger charge is 2.06. The largest absolute Gasteiger partial charge is 0.352 e. The molecule has 0 spiro atoms. The van der Waals surface area contributed by atoms with Gasteiger partial charge in [-0.2, -0.15) is 5.10 Å². The lowest BCUT2D eigenvalue weighted by Gasteiger charge is -2.10. The van der Waals surface area contributed by atoms with Crippen LogP contribution in [0.2, 0.25) is 0 Å². The van der Waals surface area contributed by atoms with Crippen LogP contribution in [0.3, 0.4) is 0 Å². The number of hydrogen-bond acceptors (Lipinski definition) is 3. The normalized spacial score (nSPS) is 10.4. The van der Waals surface area contributed by atoms with Gasteiger partial charge in [0.2, 0.25) is 5.91 Å². The highest BCUT2D eigenvalue weighted by atomic mass is 16.1. The summed E-state index contributed by atoms with van der Waals surface area (Å²) in [6, 6.07) is 9.75. The number of nitrogens with two attached hydrogens (primary N) is 1. The molecule has 19 heavy (non-hydrogen) atoms. The molecule has 0 bridgehead atoms. The number of aromatic nitrogens is 2. The van der Waals surface area contributed by atoms with Gasteiger partial charge in [0.25, 0.3) is 0 Å². The molecule has 0 fully saturated rings. The second-order valence-electron chi connectivity index (χ2n) is 4.25. The first-order chi connectivity index (χ1) is 9.31. The van der Waals surface area contributed by atoms with E-state index in [-0.39, 0.29) is 5.91 Å². The van der Waals surface area contributed by atoms with E-state index in [1.807, 2.05) is 36.5 Å². The highest BCUT2D eigenvalue weighted by Crippen LogP contribution is 2.13. The van der Waals surface area contributed by atoms with Gasteiger partial charge in [0.15, 0.2) is 0 Å². The van der Waals surface area contributed by atoms with Crippen molar-refractivity contribution >= 4 is 5.91 Å². The number of benzene rings is 1. The van der Waals surface area contributed by atoms with Crippen LogP contribution in [0.1, 0.15) is 18.4 Å². The number of carbonyl (C=O) groups excluding carboxylic acids is 1. The molecule has 0 atom stereocenters. The Kier molecular flexibility index (Phi) is 4.69. The summed E-state index contributed by atoms with van der Waals surface area (Å²) < 4.78 is 1.79. The second kappa shape index (κ2) is 6.70. The highest BCUT2D eigenvalue weighted by molar-refractivity contribution is 5.75. The number of carbonyl (C=O) groups is 1. The van der Waals surface area contributed by atoms with Crippen LogP contribution in [-0.2, 0) is 11.3 Å². The maximum absolute atomic E-state index is 11.6. The van der Waals surface area contributed by atoms with Crippen molar-refractivity contribution in [1.82, 2.24) is 15.1 Å². The van der Waals surface area contributed by atoms with Crippen LogP contribution in [0.25, 0.3) is 5.69 Å². The molecule has 1 amide bonds. The summed E-state index contributed by atoms with van der Waals surface area (Å²) in [6.45, 7) is 1.04. The maximum Gasteiger partial charge on any atom is 0.220 e. The number of hydrogen-bond donors (Lipinski definition) is 2. The van der Waals surface area contributed by atoms with E-state index in [4.69, 9.17) is 5.73 Å². The van der Waals surface area contributed by atoms with Crippen LogP contribution < -0.4 is 11.1 Å². The lowest BCUT2D eigenvalue weighted by molar-refractivity contribution is -0.121. The first kappa shape index (κ1) is 13.3. The Labute approximate surface area is 112 Å². The maximum atomic E-state index is 11.6. The van der Waals surface area contributed by atoms with Crippen LogP contribution in [-0.4, -0.2) is 22.2 Å². The smallest absolute Gasteiger partial charge is 0.220 e. The van der Waals surface area contributed by atoms with E-state index >= 15 is 0 Å². The average molecular weight is 258 g/mol. The van der Waals surface area contributed by atoms with E-state index in [1.54, 1.807) is 10.9 Å². The number of amides is 1. The SMILES string of the molecule is NCCCC(=O)NCc1ccccc1-n1cccn1. The molecule has 3 N–H and O–H groups in total. The van der Waals surface area contributed by atoms with Gasteiger partial charge in [-0.05, 0) is 30.7 Å². The molecule has 2 rings (SSSR count). The van der Waals surface area contributed by atoms with Gasteiger partial charge in [-0.15, -0.1) is 0 Å². The molecule has 0 aliphatic rings. The van der Waals surface area contributed by atoms with E-state index in [9.17, 15) is 4.79 Å². The third-order valence-corrected chi connectivity index (χ3v) is 2.83. The molecule has 0 radical (unpaired) electrons. The lowest BCUT2D eigenvalue weighted by atomic mass is 10.1. The minimum atomic E-state index is 0.0284. The van der Waals surface area contributed by atoms with Crippen LogP contribution in [0, 0.1) is 0 Å². The Morgan fingerprint density at radius 1 is 1.32 bits per heavy atom. The van der Waals surface area contributed by atoms with E-state index in [0.29, 0.717) is 25.9 Å². The Morgan fingerprint density at radius 3 is 2.89 bits per heavy atom. The summed E-state index contributed by atoms with van der Waals surface area (Å²) in [5.74, 6) is 0.0284. The van der Waals surface area contributed by atoms with Crippen molar-refractivity contribution in [1.29, 1.82) is 0 Å². The molecule has 5 heteroatoms. The van der Waals surface area contributed by atoms with Gasteiger partial charge in [0.1, 0.15) is 0 Å². The van der Waals surface area contributed by atoms with Gasteiger partial charge in [-0.3, -0.25) is 4.79 Å². The predicted molar refractivity (Wildman–Crippen MR) is 73.7 cm³/mol. The van der Waals surface area contributed by atoms with Gasteiger partial charge < -0.3 is 11.1 Å². The molecule has 100 valence electrons. The lowest BCUT2D eigenvalue weighted by Crippen LogP contribution is -2.24. The Bertz CT molecular complexity index is 522. The van der Waals surface area contributed by atoms with Crippen molar-refractivity contribution in [2.45, 2.75) is 19.4 Å². The molecule has 0 aliphatic carbocycles. The van der Waals surface area contributed by atoms with Gasteiger partial charge in [0.05, 0.1) is 5.69 Å². The van der Waals surface area contributed by atoms with Crippen LogP contribution in [0.15, 0.2) is 42.7 Å². The van der Waals surface area contributed by atoms with E-state index < -0.39 is 0 Å². The minimum absolute atomic E-state index is 0.0284. The zero-order chi connectivity index (χ0) is 13.5. The van der Waals surface area contributed by atoms with Gasteiger partial charge >= 0.3 is 0 Å². The van der Waals surface area contributed by atoms with Crippen molar-refractivity contribution < 1.29 is 4.79 Å². The van der Waals surface area contributed by atoms with Gasteiger partial charge in [-0.25, -0.2) is 4.68 Å². The summed E-state index contributed by atoms with van der Waals surface area (Å²) in [7, 11) is 0. The summed E-state index contributed by atoms with van der Waals surface area (Å²) >= 11 is 0. The van der Waals surface area contributed by atoms with Crippen LogP contribution >= 0.6 is 0 Å². The van der Waals surface area contributed by atoms with Crippen molar-refractivity contribution in [2.24, 2.45) is 5.73 Å². The van der Waals surface area contributed by atoms with Gasteiger partial charge in [0, 0.05) is 25.4 Å². The van der Waals surface area contributed by atoms with Crippen molar-refractivity contribution in [3.05, 3.63) is 48.3 Å².